The molecule has 4 rings (SSSR count). The van der Waals surface area contributed by atoms with E-state index in [1.165, 1.54) is 11.3 Å². The van der Waals surface area contributed by atoms with E-state index in [1.54, 1.807) is 25.3 Å². The number of rotatable bonds is 4. The number of thiazole rings is 1. The van der Waals surface area contributed by atoms with E-state index in [2.05, 4.69) is 10.3 Å². The molecule has 0 aliphatic carbocycles. The lowest BCUT2D eigenvalue weighted by Gasteiger charge is -2.10. The molecule has 0 saturated carbocycles. The van der Waals surface area contributed by atoms with E-state index in [1.807, 2.05) is 47.9 Å². The van der Waals surface area contributed by atoms with Crippen molar-refractivity contribution in [1.82, 2.24) is 9.38 Å². The van der Waals surface area contributed by atoms with Gasteiger partial charge in [-0.3, -0.25) is 9.20 Å². The Balaban J connectivity index is 1.66. The summed E-state index contributed by atoms with van der Waals surface area (Å²) in [5.41, 5.74) is 3.30. The highest BCUT2D eigenvalue weighted by Crippen LogP contribution is 2.31. The highest BCUT2D eigenvalue weighted by Gasteiger charge is 2.19. The van der Waals surface area contributed by atoms with Crippen LogP contribution in [-0.2, 0) is 0 Å². The summed E-state index contributed by atoms with van der Waals surface area (Å²) < 4.78 is 7.23. The van der Waals surface area contributed by atoms with Crippen molar-refractivity contribution >= 4 is 39.5 Å². The third kappa shape index (κ3) is 3.29. The van der Waals surface area contributed by atoms with Crippen LogP contribution in [0.2, 0.25) is 5.02 Å². The highest BCUT2D eigenvalue weighted by atomic mass is 35.5. The largest absolute Gasteiger partial charge is 0.495 e. The summed E-state index contributed by atoms with van der Waals surface area (Å²) >= 11 is 7.39. The van der Waals surface area contributed by atoms with Gasteiger partial charge < -0.3 is 10.1 Å². The predicted octanol–water partition coefficient (Wildman–Crippen LogP) is 5.29. The number of benzene rings is 2. The van der Waals surface area contributed by atoms with E-state index >= 15 is 0 Å². The minimum Gasteiger partial charge on any atom is -0.495 e. The van der Waals surface area contributed by atoms with Crippen LogP contribution in [0, 0.1) is 6.92 Å². The third-order valence-electron chi connectivity index (χ3n) is 4.24. The number of halogens is 1. The molecule has 0 aliphatic rings. The molecule has 0 saturated heterocycles. The highest BCUT2D eigenvalue weighted by molar-refractivity contribution is 7.19. The van der Waals surface area contributed by atoms with Crippen LogP contribution < -0.4 is 10.1 Å². The van der Waals surface area contributed by atoms with Gasteiger partial charge in [-0.1, -0.05) is 53.3 Å². The summed E-state index contributed by atoms with van der Waals surface area (Å²) in [6, 6.07) is 15.1. The van der Waals surface area contributed by atoms with Gasteiger partial charge in [0.25, 0.3) is 5.91 Å². The SMILES string of the molecule is COc1ccc(Cl)cc1NC(=O)c1sc2nc(-c3ccccc3)cn2c1C. The number of anilines is 1. The molecular weight excluding hydrogens is 382 g/mol. The second-order valence-electron chi connectivity index (χ2n) is 5.96. The first-order chi connectivity index (χ1) is 13.1. The van der Waals surface area contributed by atoms with E-state index in [0.29, 0.717) is 21.3 Å². The summed E-state index contributed by atoms with van der Waals surface area (Å²) in [7, 11) is 1.55. The Morgan fingerprint density at radius 1 is 1.22 bits per heavy atom. The molecule has 0 aliphatic heterocycles. The molecule has 136 valence electrons. The predicted molar refractivity (Wildman–Crippen MR) is 109 cm³/mol. The van der Waals surface area contributed by atoms with Crippen LogP contribution in [-0.4, -0.2) is 22.4 Å². The molecular formula is C20H16ClN3O2S. The number of aromatic nitrogens is 2. The van der Waals surface area contributed by atoms with Gasteiger partial charge in [0, 0.05) is 22.5 Å². The molecule has 1 N–H and O–H groups in total. The van der Waals surface area contributed by atoms with E-state index in [0.717, 1.165) is 21.9 Å². The van der Waals surface area contributed by atoms with Crippen molar-refractivity contribution in [3.8, 4) is 17.0 Å². The van der Waals surface area contributed by atoms with Gasteiger partial charge in [-0.05, 0) is 25.1 Å². The molecule has 0 spiro atoms. The lowest BCUT2D eigenvalue weighted by atomic mass is 10.2. The Morgan fingerprint density at radius 3 is 2.70 bits per heavy atom. The average Bonchev–Trinajstić information content (AvgIpc) is 3.22. The zero-order chi connectivity index (χ0) is 19.0. The second-order valence-corrected chi connectivity index (χ2v) is 7.37. The lowest BCUT2D eigenvalue weighted by Crippen LogP contribution is -2.12. The molecule has 4 aromatic rings. The summed E-state index contributed by atoms with van der Waals surface area (Å²) in [5, 5.41) is 3.40. The Morgan fingerprint density at radius 2 is 2.00 bits per heavy atom. The first-order valence-electron chi connectivity index (χ1n) is 8.25. The van der Waals surface area contributed by atoms with Crippen LogP contribution in [0.25, 0.3) is 16.2 Å². The zero-order valence-electron chi connectivity index (χ0n) is 14.7. The quantitative estimate of drug-likeness (QED) is 0.509. The number of ether oxygens (including phenoxy) is 1. The maximum absolute atomic E-state index is 12.8. The molecule has 0 unspecified atom stereocenters. The number of carbonyl (C=O) groups is 1. The molecule has 0 radical (unpaired) electrons. The fourth-order valence-electron chi connectivity index (χ4n) is 2.87. The molecule has 2 heterocycles. The van der Waals surface area contributed by atoms with E-state index in [9.17, 15) is 4.79 Å². The topological polar surface area (TPSA) is 55.6 Å². The maximum Gasteiger partial charge on any atom is 0.267 e. The van der Waals surface area contributed by atoms with Gasteiger partial charge in [0.2, 0.25) is 0 Å². The molecule has 2 aromatic heterocycles. The number of hydrogen-bond donors (Lipinski definition) is 1. The number of aryl methyl sites for hydroxylation is 1. The number of fused-ring (bicyclic) bond motifs is 1. The number of imidazole rings is 1. The Hall–Kier alpha value is -2.83. The van der Waals surface area contributed by atoms with Gasteiger partial charge in [-0.25, -0.2) is 4.98 Å². The standard InChI is InChI=1S/C20H16ClN3O2S/c1-12-18(19(25)22-15-10-14(21)8-9-17(15)26-2)27-20-23-16(11-24(12)20)13-6-4-3-5-7-13/h3-11H,1-2H3,(H,22,25). The van der Waals surface area contributed by atoms with Crippen molar-refractivity contribution in [2.24, 2.45) is 0 Å². The Kier molecular flexibility index (Phi) is 4.59. The zero-order valence-corrected chi connectivity index (χ0v) is 16.3. The summed E-state index contributed by atoms with van der Waals surface area (Å²) in [4.78, 5) is 18.8. The molecule has 0 atom stereocenters. The molecule has 1 amide bonds. The molecule has 5 nitrogen and oxygen atoms in total. The third-order valence-corrected chi connectivity index (χ3v) is 5.63. The number of amides is 1. The van der Waals surface area contributed by atoms with Gasteiger partial charge in [0.1, 0.15) is 10.6 Å². The monoisotopic (exact) mass is 397 g/mol. The van der Waals surface area contributed by atoms with Crippen molar-refractivity contribution in [1.29, 1.82) is 0 Å². The fraction of sp³-hybridized carbons (Fsp3) is 0.100. The van der Waals surface area contributed by atoms with Crippen LogP contribution >= 0.6 is 22.9 Å². The Labute approximate surface area is 165 Å². The van der Waals surface area contributed by atoms with Gasteiger partial charge in [-0.15, -0.1) is 0 Å². The van der Waals surface area contributed by atoms with Gasteiger partial charge in [0.05, 0.1) is 18.5 Å². The average molecular weight is 398 g/mol. The van der Waals surface area contributed by atoms with Crippen LogP contribution in [0.15, 0.2) is 54.7 Å². The minimum absolute atomic E-state index is 0.218. The molecule has 2 aromatic carbocycles. The maximum atomic E-state index is 12.8. The minimum atomic E-state index is -0.218. The van der Waals surface area contributed by atoms with Crippen molar-refractivity contribution < 1.29 is 9.53 Å². The van der Waals surface area contributed by atoms with E-state index in [4.69, 9.17) is 16.3 Å². The van der Waals surface area contributed by atoms with Gasteiger partial charge >= 0.3 is 0 Å². The number of hydrogen-bond acceptors (Lipinski definition) is 4. The normalized spacial score (nSPS) is 10.9. The first kappa shape index (κ1) is 17.6. The smallest absolute Gasteiger partial charge is 0.267 e. The Bertz CT molecular complexity index is 1140. The van der Waals surface area contributed by atoms with Gasteiger partial charge in [0.15, 0.2) is 4.96 Å². The summed E-state index contributed by atoms with van der Waals surface area (Å²) in [6.07, 6.45) is 1.95. The number of carbonyl (C=O) groups excluding carboxylic acids is 1. The molecule has 0 fully saturated rings. The van der Waals surface area contributed by atoms with Crippen LogP contribution in [0.4, 0.5) is 5.69 Å². The number of nitrogens with one attached hydrogen (secondary N) is 1. The molecule has 0 bridgehead atoms. The van der Waals surface area contributed by atoms with Crippen molar-refractivity contribution in [2.75, 3.05) is 12.4 Å². The number of nitrogens with zero attached hydrogens (tertiary/aromatic N) is 2. The van der Waals surface area contributed by atoms with Crippen LogP contribution in [0.5, 0.6) is 5.75 Å². The fourth-order valence-corrected chi connectivity index (χ4v) is 4.04. The summed E-state index contributed by atoms with van der Waals surface area (Å²) in [6.45, 7) is 1.91. The van der Waals surface area contributed by atoms with Crippen molar-refractivity contribution in [2.45, 2.75) is 6.92 Å². The van der Waals surface area contributed by atoms with E-state index in [-0.39, 0.29) is 5.91 Å². The lowest BCUT2D eigenvalue weighted by molar-refractivity contribution is 0.102. The van der Waals surface area contributed by atoms with Crippen LogP contribution in [0.3, 0.4) is 0 Å². The van der Waals surface area contributed by atoms with Crippen molar-refractivity contribution in [3.63, 3.8) is 0 Å². The first-order valence-corrected chi connectivity index (χ1v) is 9.45. The number of methoxy groups -OCH3 is 1. The van der Waals surface area contributed by atoms with Gasteiger partial charge in [-0.2, -0.15) is 0 Å². The molecule has 27 heavy (non-hydrogen) atoms. The summed E-state index contributed by atoms with van der Waals surface area (Å²) in [5.74, 6) is 0.336. The van der Waals surface area contributed by atoms with Crippen molar-refractivity contribution in [3.05, 3.63) is 70.3 Å². The van der Waals surface area contributed by atoms with E-state index < -0.39 is 0 Å². The second kappa shape index (κ2) is 7.06. The molecule has 7 heteroatoms. The van der Waals surface area contributed by atoms with Crippen LogP contribution in [0.1, 0.15) is 15.4 Å².